The van der Waals surface area contributed by atoms with Crippen LogP contribution < -0.4 is 5.32 Å². The number of benzene rings is 1. The zero-order chi connectivity index (χ0) is 26.5. The molecule has 196 valence electrons. The van der Waals surface area contributed by atoms with Crippen molar-refractivity contribution in [3.8, 4) is 0 Å². The summed E-state index contributed by atoms with van der Waals surface area (Å²) < 4.78 is 1.21. The molecular weight excluding hydrogens is 606 g/mol. The molecule has 2 saturated heterocycles. The third-order valence-corrected chi connectivity index (χ3v) is 9.09. The van der Waals surface area contributed by atoms with E-state index in [0.717, 1.165) is 23.7 Å². The quantitative estimate of drug-likeness (QED) is 0.339. The first-order valence-electron chi connectivity index (χ1n) is 12.5. The van der Waals surface area contributed by atoms with Crippen LogP contribution in [-0.4, -0.2) is 63.7 Å². The lowest BCUT2D eigenvalue weighted by Gasteiger charge is -2.32. The van der Waals surface area contributed by atoms with Gasteiger partial charge >= 0.3 is 0 Å². The molecule has 11 heteroatoms. The number of halogens is 2. The first-order chi connectivity index (χ1) is 17.6. The maximum Gasteiger partial charge on any atom is 0.294 e. The number of nitrogens with zero attached hydrogens (tertiary/aromatic N) is 4. The lowest BCUT2D eigenvalue weighted by Crippen LogP contribution is -2.44. The summed E-state index contributed by atoms with van der Waals surface area (Å²) in [7, 11) is 0. The highest BCUT2D eigenvalue weighted by atomic mass is 79.9. The average molecular weight is 635 g/mol. The van der Waals surface area contributed by atoms with Crippen LogP contribution in [0.1, 0.15) is 53.8 Å². The number of aromatic nitrogens is 1. The molecule has 2 amide bonds. The lowest BCUT2D eigenvalue weighted by molar-refractivity contribution is -0.384. The number of hydrogen-bond donors (Lipinski definition) is 1. The van der Waals surface area contributed by atoms with Crippen molar-refractivity contribution in [3.63, 3.8) is 0 Å². The first kappa shape index (κ1) is 26.1. The van der Waals surface area contributed by atoms with E-state index in [1.165, 1.54) is 6.07 Å². The zero-order valence-electron chi connectivity index (χ0n) is 20.7. The van der Waals surface area contributed by atoms with E-state index in [-0.39, 0.29) is 46.1 Å². The van der Waals surface area contributed by atoms with Crippen molar-refractivity contribution in [3.05, 3.63) is 60.8 Å². The van der Waals surface area contributed by atoms with Gasteiger partial charge < -0.3 is 15.1 Å². The van der Waals surface area contributed by atoms with Crippen molar-refractivity contribution in [2.45, 2.75) is 39.2 Å². The Morgan fingerprint density at radius 2 is 1.84 bits per heavy atom. The van der Waals surface area contributed by atoms with Gasteiger partial charge in [0.05, 0.1) is 22.1 Å². The molecule has 1 N–H and O–H groups in total. The summed E-state index contributed by atoms with van der Waals surface area (Å²) in [6.07, 6.45) is 6.11. The van der Waals surface area contributed by atoms with Crippen molar-refractivity contribution < 1.29 is 14.5 Å². The number of piperidine rings is 2. The smallest absolute Gasteiger partial charge is 0.294 e. The Morgan fingerprint density at radius 3 is 2.51 bits per heavy atom. The first-order valence-corrected chi connectivity index (χ1v) is 14.1. The SMILES string of the molecule is CC1(C)C2CN(C(=O)c3cncc(Br)c3)[C@H](CNc3c(C(=O)N4CCCCC4)cc(Br)cc3[N+](=O)[O-])C21. The topological polar surface area (TPSA) is 109 Å². The van der Waals surface area contributed by atoms with E-state index in [4.69, 9.17) is 0 Å². The maximum absolute atomic E-state index is 13.5. The predicted octanol–water partition coefficient (Wildman–Crippen LogP) is 5.35. The Balaban J connectivity index is 1.45. The monoisotopic (exact) mass is 633 g/mol. The number of carbonyl (C=O) groups is 2. The Kier molecular flexibility index (Phi) is 7.04. The number of likely N-dealkylation sites (tertiary alicyclic amines) is 2. The van der Waals surface area contributed by atoms with Crippen molar-refractivity contribution in [2.75, 3.05) is 31.5 Å². The van der Waals surface area contributed by atoms with E-state index in [9.17, 15) is 19.7 Å². The fourth-order valence-corrected chi connectivity index (χ4v) is 6.98. The largest absolute Gasteiger partial charge is 0.377 e. The van der Waals surface area contributed by atoms with Crippen molar-refractivity contribution in [1.29, 1.82) is 0 Å². The summed E-state index contributed by atoms with van der Waals surface area (Å²) in [5.74, 6) is 0.298. The molecule has 3 atom stereocenters. The molecule has 1 aromatic heterocycles. The van der Waals surface area contributed by atoms with Crippen LogP contribution in [0.15, 0.2) is 39.5 Å². The number of nitro benzene ring substituents is 1. The van der Waals surface area contributed by atoms with Crippen molar-refractivity contribution in [1.82, 2.24) is 14.8 Å². The van der Waals surface area contributed by atoms with Gasteiger partial charge in [-0.2, -0.15) is 0 Å². The molecule has 9 nitrogen and oxygen atoms in total. The minimum Gasteiger partial charge on any atom is -0.377 e. The van der Waals surface area contributed by atoms with Gasteiger partial charge in [0.25, 0.3) is 17.5 Å². The Bertz CT molecular complexity index is 1260. The van der Waals surface area contributed by atoms with E-state index in [1.54, 1.807) is 29.4 Å². The van der Waals surface area contributed by atoms with Crippen LogP contribution in [0.3, 0.4) is 0 Å². The molecule has 2 aliphatic heterocycles. The molecule has 37 heavy (non-hydrogen) atoms. The predicted molar refractivity (Wildman–Crippen MR) is 147 cm³/mol. The minimum absolute atomic E-state index is 0.0801. The Labute approximate surface area is 232 Å². The second kappa shape index (κ2) is 9.98. The summed E-state index contributed by atoms with van der Waals surface area (Å²) in [6.45, 7) is 6.61. The highest BCUT2D eigenvalue weighted by Crippen LogP contribution is 2.65. The van der Waals surface area contributed by atoms with Crippen LogP contribution in [0.2, 0.25) is 0 Å². The fourth-order valence-electron chi connectivity index (χ4n) is 6.17. The lowest BCUT2D eigenvalue weighted by atomic mass is 10.00. The van der Waals surface area contributed by atoms with Crippen LogP contribution in [0, 0.1) is 27.4 Å². The summed E-state index contributed by atoms with van der Waals surface area (Å²) >= 11 is 6.74. The molecule has 0 bridgehead atoms. The van der Waals surface area contributed by atoms with Gasteiger partial charge in [-0.25, -0.2) is 0 Å². The van der Waals surface area contributed by atoms with E-state index < -0.39 is 4.92 Å². The number of rotatable bonds is 6. The van der Waals surface area contributed by atoms with Gasteiger partial charge in [0.2, 0.25) is 0 Å². The zero-order valence-corrected chi connectivity index (χ0v) is 23.9. The summed E-state index contributed by atoms with van der Waals surface area (Å²) in [5.41, 5.74) is 0.905. The van der Waals surface area contributed by atoms with E-state index in [1.807, 2.05) is 4.90 Å². The highest BCUT2D eigenvalue weighted by Gasteiger charge is 2.67. The normalized spacial score (nSPS) is 23.9. The molecule has 1 aliphatic carbocycles. The molecule has 2 unspecified atom stereocenters. The number of anilines is 1. The van der Waals surface area contributed by atoms with Gasteiger partial charge in [-0.15, -0.1) is 0 Å². The Morgan fingerprint density at radius 1 is 1.11 bits per heavy atom. The third kappa shape index (κ3) is 4.87. The standard InChI is InChI=1S/C26H29Br2N5O4/c1-26(2)19-14-32(24(34)15-8-17(28)12-29-11-15)21(22(19)26)13-30-23-18(9-16(27)10-20(23)33(36)37)25(35)31-6-4-3-5-7-31/h8-12,19,21-22,30H,3-7,13-14H2,1-2H3/t19?,21-,22?/m1/s1. The van der Waals surface area contributed by atoms with Crippen LogP contribution in [0.25, 0.3) is 0 Å². The molecule has 1 aromatic carbocycles. The molecule has 3 heterocycles. The van der Waals surface area contributed by atoms with Gasteiger partial charge in [-0.05, 0) is 64.6 Å². The summed E-state index contributed by atoms with van der Waals surface area (Å²) in [5, 5.41) is 15.3. The average Bonchev–Trinajstić information content (AvgIpc) is 3.20. The van der Waals surface area contributed by atoms with Crippen LogP contribution in [-0.2, 0) is 0 Å². The number of fused-ring (bicyclic) bond motifs is 1. The number of pyridine rings is 1. The van der Waals surface area contributed by atoms with Gasteiger partial charge in [0.15, 0.2) is 0 Å². The number of amides is 2. The number of nitrogens with one attached hydrogen (secondary N) is 1. The van der Waals surface area contributed by atoms with Gasteiger partial charge in [0.1, 0.15) is 5.69 Å². The molecule has 0 radical (unpaired) electrons. The molecule has 3 fully saturated rings. The van der Waals surface area contributed by atoms with Crippen LogP contribution in [0.4, 0.5) is 11.4 Å². The van der Waals surface area contributed by atoms with Crippen molar-refractivity contribution in [2.24, 2.45) is 17.3 Å². The number of hydrogen-bond acceptors (Lipinski definition) is 6. The molecule has 1 saturated carbocycles. The number of carbonyl (C=O) groups excluding carboxylic acids is 2. The molecule has 2 aromatic rings. The van der Waals surface area contributed by atoms with E-state index in [0.29, 0.717) is 42.1 Å². The maximum atomic E-state index is 13.5. The van der Waals surface area contributed by atoms with Gasteiger partial charge in [0, 0.05) is 53.6 Å². The van der Waals surface area contributed by atoms with Gasteiger partial charge in [-0.1, -0.05) is 29.8 Å². The van der Waals surface area contributed by atoms with Crippen LogP contribution >= 0.6 is 31.9 Å². The Hall–Kier alpha value is -2.53. The fraction of sp³-hybridized carbons (Fsp3) is 0.500. The molecule has 5 rings (SSSR count). The van der Waals surface area contributed by atoms with E-state index >= 15 is 0 Å². The second-order valence-corrected chi connectivity index (χ2v) is 12.5. The summed E-state index contributed by atoms with van der Waals surface area (Å²) in [6, 6.07) is 4.65. The minimum atomic E-state index is -0.464. The molecule has 3 aliphatic rings. The highest BCUT2D eigenvalue weighted by molar-refractivity contribution is 9.10. The van der Waals surface area contributed by atoms with Crippen LogP contribution in [0.5, 0.6) is 0 Å². The molecule has 0 spiro atoms. The molecular formula is C26H29Br2N5O4. The second-order valence-electron chi connectivity index (χ2n) is 10.7. The van der Waals surface area contributed by atoms with Crippen molar-refractivity contribution >= 4 is 55.0 Å². The van der Waals surface area contributed by atoms with Gasteiger partial charge in [-0.3, -0.25) is 24.7 Å². The summed E-state index contributed by atoms with van der Waals surface area (Å²) in [4.78, 5) is 46.3. The van der Waals surface area contributed by atoms with E-state index in [2.05, 4.69) is 56.0 Å². The number of nitro groups is 1. The third-order valence-electron chi connectivity index (χ3n) is 8.20.